The van der Waals surface area contributed by atoms with Gasteiger partial charge in [-0.25, -0.2) is 4.79 Å². The average molecular weight is 457 g/mol. The number of hydrogen-bond acceptors (Lipinski definition) is 7. The minimum absolute atomic E-state index is 0.136. The maximum Gasteiger partial charge on any atom is 0.341 e. The topological polar surface area (TPSA) is 86.1 Å². The fourth-order valence-corrected chi connectivity index (χ4v) is 5.02. The summed E-state index contributed by atoms with van der Waals surface area (Å²) in [5, 5.41) is 12.4. The molecule has 31 heavy (non-hydrogen) atoms. The van der Waals surface area contributed by atoms with Gasteiger partial charge >= 0.3 is 5.97 Å². The van der Waals surface area contributed by atoms with Crippen molar-refractivity contribution in [3.63, 3.8) is 0 Å². The van der Waals surface area contributed by atoms with Crippen LogP contribution in [-0.2, 0) is 22.5 Å². The molecule has 0 saturated carbocycles. The number of esters is 1. The maximum atomic E-state index is 12.7. The Balaban J connectivity index is 1.81. The summed E-state index contributed by atoms with van der Waals surface area (Å²) in [4.78, 5) is 26.2. The van der Waals surface area contributed by atoms with Gasteiger partial charge in [-0.2, -0.15) is 0 Å². The van der Waals surface area contributed by atoms with Crippen molar-refractivity contribution in [1.29, 1.82) is 0 Å². The second-order valence-electron chi connectivity index (χ2n) is 6.58. The summed E-state index contributed by atoms with van der Waals surface area (Å²) in [5.41, 5.74) is 2.05. The minimum atomic E-state index is -0.482. The van der Waals surface area contributed by atoms with Crippen LogP contribution in [0.5, 0.6) is 0 Å². The molecule has 0 aliphatic heterocycles. The molecule has 9 heteroatoms. The lowest BCUT2D eigenvalue weighted by Gasteiger charge is -2.09. The van der Waals surface area contributed by atoms with Gasteiger partial charge < -0.3 is 14.6 Å². The fraction of sp³-hybridized carbons (Fsp3) is 0.273. The van der Waals surface area contributed by atoms with Crippen molar-refractivity contribution in [2.24, 2.45) is 0 Å². The zero-order valence-electron chi connectivity index (χ0n) is 17.7. The minimum Gasteiger partial charge on any atom is -0.465 e. The Morgan fingerprint density at radius 2 is 2.03 bits per heavy atom. The third-order valence-corrected chi connectivity index (χ3v) is 6.53. The normalized spacial score (nSPS) is 10.7. The Bertz CT molecular complexity index is 1090. The van der Waals surface area contributed by atoms with Crippen molar-refractivity contribution in [2.45, 2.75) is 32.0 Å². The van der Waals surface area contributed by atoms with Crippen LogP contribution in [0, 0.1) is 6.92 Å². The van der Waals surface area contributed by atoms with Crippen molar-refractivity contribution in [3.05, 3.63) is 59.3 Å². The van der Waals surface area contributed by atoms with Crippen LogP contribution < -0.4 is 5.32 Å². The van der Waals surface area contributed by atoms with E-state index in [4.69, 9.17) is 4.74 Å². The Morgan fingerprint density at radius 3 is 2.68 bits per heavy atom. The van der Waals surface area contributed by atoms with E-state index in [1.54, 1.807) is 6.08 Å². The Labute approximate surface area is 189 Å². The van der Waals surface area contributed by atoms with Crippen LogP contribution in [0.15, 0.2) is 48.1 Å². The van der Waals surface area contributed by atoms with Crippen LogP contribution in [0.25, 0.3) is 11.1 Å². The first-order valence-electron chi connectivity index (χ1n) is 9.72. The summed E-state index contributed by atoms with van der Waals surface area (Å²) in [6.45, 7) is 8.27. The van der Waals surface area contributed by atoms with E-state index in [1.807, 2.05) is 48.7 Å². The smallest absolute Gasteiger partial charge is 0.341 e. The molecule has 2 heterocycles. The van der Waals surface area contributed by atoms with Crippen molar-refractivity contribution in [1.82, 2.24) is 14.8 Å². The van der Waals surface area contributed by atoms with Gasteiger partial charge in [0.1, 0.15) is 16.4 Å². The number of nitrogens with zero attached hydrogens (tertiary/aromatic N) is 3. The molecule has 3 rings (SSSR count). The molecule has 7 nitrogen and oxygen atoms in total. The lowest BCUT2D eigenvalue weighted by Crippen LogP contribution is -2.16. The summed E-state index contributed by atoms with van der Waals surface area (Å²) < 4.78 is 6.94. The highest BCUT2D eigenvalue weighted by Crippen LogP contribution is 2.40. The van der Waals surface area contributed by atoms with Gasteiger partial charge in [0.25, 0.3) is 0 Å². The van der Waals surface area contributed by atoms with Crippen LogP contribution in [0.2, 0.25) is 0 Å². The van der Waals surface area contributed by atoms with E-state index in [0.717, 1.165) is 28.2 Å². The number of hydrogen-bond donors (Lipinski definition) is 1. The number of thioether (sulfide) groups is 1. The van der Waals surface area contributed by atoms with Gasteiger partial charge in [-0.05, 0) is 12.5 Å². The van der Waals surface area contributed by atoms with Crippen LogP contribution in [0.1, 0.15) is 28.0 Å². The number of anilines is 1. The number of carbonyl (C=O) groups is 2. The van der Waals surface area contributed by atoms with Gasteiger partial charge in [0.15, 0.2) is 5.16 Å². The number of allylic oxidation sites excluding steroid dienone is 1. The van der Waals surface area contributed by atoms with Gasteiger partial charge in [-0.1, -0.05) is 55.1 Å². The van der Waals surface area contributed by atoms with E-state index >= 15 is 0 Å². The molecule has 0 aliphatic rings. The standard InChI is InChI=1S/C22H24N4O3S2/c1-5-12-26-16(6-2)24-25-22(26)30-13-17(27)23-20-19(21(28)29-4)18(14(3)31-20)15-10-8-7-9-11-15/h5,7-11H,1,6,12-13H2,2-4H3,(H,23,27). The number of amides is 1. The van der Waals surface area contributed by atoms with E-state index < -0.39 is 5.97 Å². The van der Waals surface area contributed by atoms with E-state index in [1.165, 1.54) is 30.2 Å². The molecule has 1 N–H and O–H groups in total. The summed E-state index contributed by atoms with van der Waals surface area (Å²) in [6, 6.07) is 9.60. The van der Waals surface area contributed by atoms with E-state index in [0.29, 0.717) is 22.3 Å². The van der Waals surface area contributed by atoms with Crippen LogP contribution in [0.3, 0.4) is 0 Å². The van der Waals surface area contributed by atoms with E-state index in [9.17, 15) is 9.59 Å². The van der Waals surface area contributed by atoms with Gasteiger partial charge in [0.2, 0.25) is 5.91 Å². The monoisotopic (exact) mass is 456 g/mol. The second kappa shape index (κ2) is 10.4. The lowest BCUT2D eigenvalue weighted by molar-refractivity contribution is -0.113. The second-order valence-corrected chi connectivity index (χ2v) is 8.75. The van der Waals surface area contributed by atoms with Crippen LogP contribution in [0.4, 0.5) is 5.00 Å². The third kappa shape index (κ3) is 5.05. The Morgan fingerprint density at radius 1 is 1.29 bits per heavy atom. The fourth-order valence-electron chi connectivity index (χ4n) is 3.17. The summed E-state index contributed by atoms with van der Waals surface area (Å²) in [7, 11) is 1.34. The lowest BCUT2D eigenvalue weighted by atomic mass is 10.0. The number of rotatable bonds is 9. The number of methoxy groups -OCH3 is 1. The van der Waals surface area contributed by atoms with E-state index in [2.05, 4.69) is 22.1 Å². The maximum absolute atomic E-state index is 12.7. The molecular formula is C22H24N4O3S2. The van der Waals surface area contributed by atoms with Gasteiger partial charge in [0, 0.05) is 23.4 Å². The third-order valence-electron chi connectivity index (χ3n) is 4.54. The number of thiophene rings is 1. The summed E-state index contributed by atoms with van der Waals surface area (Å²) in [5.74, 6) is 0.265. The van der Waals surface area contributed by atoms with Crippen molar-refractivity contribution in [2.75, 3.05) is 18.2 Å². The highest BCUT2D eigenvalue weighted by molar-refractivity contribution is 7.99. The number of carbonyl (C=O) groups excluding carboxylic acids is 2. The molecule has 0 bridgehead atoms. The van der Waals surface area contributed by atoms with Crippen LogP contribution >= 0.6 is 23.1 Å². The zero-order valence-corrected chi connectivity index (χ0v) is 19.3. The van der Waals surface area contributed by atoms with Crippen molar-refractivity contribution < 1.29 is 14.3 Å². The van der Waals surface area contributed by atoms with Gasteiger partial charge in [0.05, 0.1) is 12.9 Å². The zero-order chi connectivity index (χ0) is 22.4. The summed E-state index contributed by atoms with van der Waals surface area (Å²) >= 11 is 2.66. The molecule has 1 aromatic carbocycles. The molecule has 162 valence electrons. The largest absolute Gasteiger partial charge is 0.465 e. The summed E-state index contributed by atoms with van der Waals surface area (Å²) in [6.07, 6.45) is 2.52. The molecule has 0 saturated heterocycles. The first kappa shape index (κ1) is 22.8. The Kier molecular flexibility index (Phi) is 7.64. The molecule has 2 aromatic heterocycles. The van der Waals surface area contributed by atoms with Gasteiger partial charge in [-0.3, -0.25) is 4.79 Å². The molecule has 1 amide bonds. The number of aryl methyl sites for hydroxylation is 2. The first-order chi connectivity index (χ1) is 15.0. The number of aromatic nitrogens is 3. The highest BCUT2D eigenvalue weighted by atomic mass is 32.2. The first-order valence-corrected chi connectivity index (χ1v) is 11.5. The van der Waals surface area contributed by atoms with Crippen molar-refractivity contribution >= 4 is 40.0 Å². The highest BCUT2D eigenvalue weighted by Gasteiger charge is 2.25. The van der Waals surface area contributed by atoms with Gasteiger partial charge in [-0.15, -0.1) is 28.1 Å². The van der Waals surface area contributed by atoms with Crippen LogP contribution in [-0.4, -0.2) is 39.5 Å². The van der Waals surface area contributed by atoms with Crippen molar-refractivity contribution in [3.8, 4) is 11.1 Å². The molecule has 0 spiro atoms. The Hall–Kier alpha value is -2.91. The quantitative estimate of drug-likeness (QED) is 0.288. The predicted molar refractivity (Wildman–Crippen MR) is 125 cm³/mol. The number of ether oxygens (including phenoxy) is 1. The SMILES string of the molecule is C=CCn1c(CC)nnc1SCC(=O)Nc1sc(C)c(-c2ccccc2)c1C(=O)OC. The molecule has 3 aromatic rings. The molecule has 0 atom stereocenters. The van der Waals surface area contributed by atoms with E-state index in [-0.39, 0.29) is 11.7 Å². The number of benzene rings is 1. The predicted octanol–water partition coefficient (Wildman–Crippen LogP) is 4.58. The average Bonchev–Trinajstić information content (AvgIpc) is 3.32. The molecule has 0 aliphatic carbocycles. The number of nitrogens with one attached hydrogen (secondary N) is 1. The molecule has 0 unspecified atom stereocenters. The molecular weight excluding hydrogens is 432 g/mol. The molecule has 0 fully saturated rings. The molecule has 0 radical (unpaired) electrons.